The number of fused-ring (bicyclic) bond motifs is 1. The van der Waals surface area contributed by atoms with Gasteiger partial charge in [-0.2, -0.15) is 0 Å². The first-order valence-corrected chi connectivity index (χ1v) is 4.25. The third kappa shape index (κ3) is 1.01. The van der Waals surface area contributed by atoms with E-state index in [9.17, 15) is 0 Å². The highest BCUT2D eigenvalue weighted by Crippen LogP contribution is 2.39. The van der Waals surface area contributed by atoms with Crippen LogP contribution in [0.25, 0.3) is 11.1 Å². The molecule has 11 heavy (non-hydrogen) atoms. The topological polar surface area (TPSA) is 3.24 Å². The molecule has 0 aromatic rings. The average molecular weight is 147 g/mol. The third-order valence-corrected chi connectivity index (χ3v) is 2.30. The smallest absolute Gasteiger partial charge is 0.0378 e. The van der Waals surface area contributed by atoms with Gasteiger partial charge in [0.05, 0.1) is 0 Å². The lowest BCUT2D eigenvalue weighted by atomic mass is 10.4. The Morgan fingerprint density at radius 1 is 1.00 bits per heavy atom. The Hall–Kier alpha value is -0.980. The van der Waals surface area contributed by atoms with Crippen molar-refractivity contribution in [2.45, 2.75) is 13.8 Å². The summed E-state index contributed by atoms with van der Waals surface area (Å²) in [6.07, 6.45) is 0. The molecule has 0 aromatic carbocycles. The molecular formula is C10H13N. The summed E-state index contributed by atoms with van der Waals surface area (Å²) in [5, 5.41) is 0. The molecular weight excluding hydrogens is 134 g/mol. The number of hydrogen-bond donors (Lipinski definition) is 0. The second-order valence-corrected chi connectivity index (χ2v) is 2.94. The van der Waals surface area contributed by atoms with Crippen molar-refractivity contribution < 1.29 is 0 Å². The van der Waals surface area contributed by atoms with Gasteiger partial charge >= 0.3 is 0 Å². The van der Waals surface area contributed by atoms with Gasteiger partial charge in [0.25, 0.3) is 0 Å². The SMILES string of the molecule is CCN(CC)c1cc2cc-2c1. The van der Waals surface area contributed by atoms with Crippen LogP contribution in [0.3, 0.4) is 0 Å². The minimum Gasteiger partial charge on any atom is -0.372 e. The van der Waals surface area contributed by atoms with Crippen molar-refractivity contribution in [2.75, 3.05) is 18.0 Å². The lowest BCUT2D eigenvalue weighted by Crippen LogP contribution is -2.20. The largest absolute Gasteiger partial charge is 0.372 e. The second kappa shape index (κ2) is 2.26. The average Bonchev–Trinajstić information content (AvgIpc) is 2.62. The van der Waals surface area contributed by atoms with Crippen LogP contribution in [0, 0.1) is 0 Å². The number of anilines is 1. The molecule has 0 spiro atoms. The maximum absolute atomic E-state index is 2.38. The van der Waals surface area contributed by atoms with Crippen LogP contribution in [-0.2, 0) is 0 Å². The third-order valence-electron chi connectivity index (χ3n) is 2.30. The number of hydrogen-bond acceptors (Lipinski definition) is 1. The summed E-state index contributed by atoms with van der Waals surface area (Å²) in [5.41, 5.74) is 4.27. The van der Waals surface area contributed by atoms with Gasteiger partial charge in [-0.25, -0.2) is 0 Å². The van der Waals surface area contributed by atoms with Gasteiger partial charge in [0, 0.05) is 18.8 Å². The van der Waals surface area contributed by atoms with Crippen LogP contribution in [0.2, 0.25) is 0 Å². The van der Waals surface area contributed by atoms with Crippen molar-refractivity contribution in [1.29, 1.82) is 0 Å². The van der Waals surface area contributed by atoms with Gasteiger partial charge in [0.15, 0.2) is 0 Å². The fourth-order valence-corrected chi connectivity index (χ4v) is 1.51. The van der Waals surface area contributed by atoms with Crippen LogP contribution in [0.4, 0.5) is 5.69 Å². The van der Waals surface area contributed by atoms with Crippen molar-refractivity contribution in [2.24, 2.45) is 0 Å². The predicted octanol–water partition coefficient (Wildman–Crippen LogP) is 2.51. The van der Waals surface area contributed by atoms with Crippen molar-refractivity contribution in [3.05, 3.63) is 18.2 Å². The molecule has 2 rings (SSSR count). The van der Waals surface area contributed by atoms with E-state index < -0.39 is 0 Å². The van der Waals surface area contributed by atoms with Crippen LogP contribution >= 0.6 is 0 Å². The summed E-state index contributed by atoms with van der Waals surface area (Å²) in [7, 11) is 0. The monoisotopic (exact) mass is 147 g/mol. The summed E-state index contributed by atoms with van der Waals surface area (Å²) in [4.78, 5) is 2.38. The molecule has 0 saturated carbocycles. The zero-order chi connectivity index (χ0) is 7.84. The summed E-state index contributed by atoms with van der Waals surface area (Å²) in [6, 6.07) is 6.75. The molecule has 1 heteroatoms. The molecule has 2 aliphatic rings. The Balaban J connectivity index is 2.18. The molecule has 0 amide bonds. The zero-order valence-electron chi connectivity index (χ0n) is 7.09. The second-order valence-electron chi connectivity index (χ2n) is 2.94. The van der Waals surface area contributed by atoms with Gasteiger partial charge < -0.3 is 4.90 Å². The maximum Gasteiger partial charge on any atom is 0.0378 e. The minimum absolute atomic E-state index is 1.11. The van der Waals surface area contributed by atoms with E-state index in [0.717, 1.165) is 13.1 Å². The van der Waals surface area contributed by atoms with Crippen molar-refractivity contribution in [1.82, 2.24) is 0 Å². The first kappa shape index (κ1) is 6.71. The zero-order valence-corrected chi connectivity index (χ0v) is 7.09. The van der Waals surface area contributed by atoms with Gasteiger partial charge in [0.1, 0.15) is 0 Å². The summed E-state index contributed by atoms with van der Waals surface area (Å²) in [5.74, 6) is 0. The van der Waals surface area contributed by atoms with Gasteiger partial charge in [0.2, 0.25) is 0 Å². The van der Waals surface area contributed by atoms with Gasteiger partial charge in [-0.05, 0) is 43.2 Å². The van der Waals surface area contributed by atoms with Crippen LogP contribution in [-0.4, -0.2) is 13.1 Å². The van der Waals surface area contributed by atoms with E-state index in [2.05, 4.69) is 36.9 Å². The van der Waals surface area contributed by atoms with Crippen LogP contribution in [0.1, 0.15) is 13.8 Å². The number of rotatable bonds is 3. The van der Waals surface area contributed by atoms with Crippen LogP contribution in [0.15, 0.2) is 18.2 Å². The minimum atomic E-state index is 1.11. The normalized spacial score (nSPS) is 11.5. The molecule has 2 aliphatic carbocycles. The molecule has 0 aliphatic heterocycles. The molecule has 0 N–H and O–H groups in total. The molecule has 58 valence electrons. The van der Waals surface area contributed by atoms with Crippen LogP contribution in [0.5, 0.6) is 0 Å². The summed E-state index contributed by atoms with van der Waals surface area (Å²) in [6.45, 7) is 6.61. The summed E-state index contributed by atoms with van der Waals surface area (Å²) < 4.78 is 0. The lowest BCUT2D eigenvalue weighted by molar-refractivity contribution is 0.868. The Bertz CT molecular complexity index is 254. The Morgan fingerprint density at radius 2 is 1.55 bits per heavy atom. The highest BCUT2D eigenvalue weighted by Gasteiger charge is 2.15. The van der Waals surface area contributed by atoms with E-state index in [4.69, 9.17) is 0 Å². The maximum atomic E-state index is 2.38. The fraction of sp³-hybridized carbons (Fsp3) is 0.400. The quantitative estimate of drug-likeness (QED) is 0.644. The van der Waals surface area contributed by atoms with E-state index in [-0.39, 0.29) is 0 Å². The molecule has 1 nitrogen and oxygen atoms in total. The Kier molecular flexibility index (Phi) is 1.38. The van der Waals surface area contributed by atoms with E-state index >= 15 is 0 Å². The highest BCUT2D eigenvalue weighted by atomic mass is 15.1. The molecule has 0 heterocycles. The lowest BCUT2D eigenvalue weighted by Gasteiger charge is -2.18. The van der Waals surface area contributed by atoms with E-state index in [1.807, 2.05) is 0 Å². The van der Waals surface area contributed by atoms with Crippen molar-refractivity contribution >= 4 is 5.69 Å². The number of benzene rings is 1. The van der Waals surface area contributed by atoms with Crippen molar-refractivity contribution in [3.63, 3.8) is 0 Å². The fourth-order valence-electron chi connectivity index (χ4n) is 1.51. The van der Waals surface area contributed by atoms with E-state index in [1.165, 1.54) is 16.8 Å². The Morgan fingerprint density at radius 3 is 2.00 bits per heavy atom. The Labute approximate surface area is 67.6 Å². The van der Waals surface area contributed by atoms with E-state index in [1.54, 1.807) is 0 Å². The highest BCUT2D eigenvalue weighted by molar-refractivity contribution is 5.87. The van der Waals surface area contributed by atoms with Crippen LogP contribution < -0.4 is 4.90 Å². The standard InChI is InChI=1S/C10H13N/c1-3-11(4-2)10-6-8-5-9(8)7-10/h5-7H,3-4H2,1-2H3. The molecule has 0 radical (unpaired) electrons. The predicted molar refractivity (Wildman–Crippen MR) is 49.0 cm³/mol. The molecule has 0 fully saturated rings. The van der Waals surface area contributed by atoms with Crippen molar-refractivity contribution in [3.8, 4) is 11.1 Å². The van der Waals surface area contributed by atoms with Gasteiger partial charge in [-0.1, -0.05) is 0 Å². The molecule has 0 unspecified atom stereocenters. The molecule has 0 saturated heterocycles. The van der Waals surface area contributed by atoms with Gasteiger partial charge in [-0.15, -0.1) is 0 Å². The first-order chi connectivity index (χ1) is 5.35. The molecule has 0 aromatic heterocycles. The van der Waals surface area contributed by atoms with E-state index in [0.29, 0.717) is 0 Å². The molecule has 0 atom stereocenters. The first-order valence-electron chi connectivity index (χ1n) is 4.25. The van der Waals surface area contributed by atoms with Gasteiger partial charge in [-0.3, -0.25) is 0 Å². The number of nitrogens with zero attached hydrogens (tertiary/aromatic N) is 1. The molecule has 0 bridgehead atoms. The summed E-state index contributed by atoms with van der Waals surface area (Å²) >= 11 is 0.